The number of alkyl halides is 3. The van der Waals surface area contributed by atoms with Crippen LogP contribution in [0.5, 0.6) is 0 Å². The second-order valence-electron chi connectivity index (χ2n) is 8.98. The van der Waals surface area contributed by atoms with E-state index >= 15 is 0 Å². The first-order valence-electron chi connectivity index (χ1n) is 11.0. The average Bonchev–Trinajstić information content (AvgIpc) is 3.11. The SMILES string of the molecule is C[C@@H](CC(F)(F)F)Nc1ncc2c(-c3cncc([S@](C)(=N)=O)c3)cc(C3CCC(O)CC3)n2n1. The van der Waals surface area contributed by atoms with Crippen molar-refractivity contribution in [3.8, 4) is 11.1 Å². The molecular formula is C22H27F3N6O2S. The molecule has 0 spiro atoms. The highest BCUT2D eigenvalue weighted by Crippen LogP contribution is 2.38. The van der Waals surface area contributed by atoms with Crippen LogP contribution in [0.25, 0.3) is 16.6 Å². The Bertz CT molecular complexity index is 1280. The Morgan fingerprint density at radius 3 is 2.59 bits per heavy atom. The van der Waals surface area contributed by atoms with Crippen LogP contribution in [0.2, 0.25) is 0 Å². The van der Waals surface area contributed by atoms with Gasteiger partial charge < -0.3 is 10.4 Å². The number of hydrogen-bond acceptors (Lipinski definition) is 7. The molecule has 3 N–H and O–H groups in total. The number of rotatable bonds is 6. The predicted octanol–water partition coefficient (Wildman–Crippen LogP) is 4.60. The molecule has 0 aromatic carbocycles. The van der Waals surface area contributed by atoms with Gasteiger partial charge in [0, 0.05) is 47.4 Å². The minimum absolute atomic E-state index is 0.0816. The zero-order chi connectivity index (χ0) is 24.7. The summed E-state index contributed by atoms with van der Waals surface area (Å²) in [5.41, 5.74) is 2.86. The van der Waals surface area contributed by atoms with Crippen molar-refractivity contribution in [3.63, 3.8) is 0 Å². The van der Waals surface area contributed by atoms with Crippen LogP contribution in [-0.4, -0.2) is 53.5 Å². The summed E-state index contributed by atoms with van der Waals surface area (Å²) in [7, 11) is -2.97. The zero-order valence-corrected chi connectivity index (χ0v) is 19.7. The molecule has 0 amide bonds. The number of aliphatic hydroxyl groups excluding tert-OH is 1. The van der Waals surface area contributed by atoms with E-state index in [1.807, 2.05) is 6.07 Å². The molecule has 3 aromatic rings. The summed E-state index contributed by atoms with van der Waals surface area (Å²) in [4.78, 5) is 8.69. The van der Waals surface area contributed by atoms with Gasteiger partial charge in [0.05, 0.1) is 38.9 Å². The van der Waals surface area contributed by atoms with Crippen molar-refractivity contribution in [2.45, 2.75) is 68.2 Å². The van der Waals surface area contributed by atoms with E-state index in [0.29, 0.717) is 28.8 Å². The Hall–Kier alpha value is -2.73. The molecule has 3 heterocycles. The maximum atomic E-state index is 12.8. The van der Waals surface area contributed by atoms with Crippen molar-refractivity contribution in [2.24, 2.45) is 0 Å². The van der Waals surface area contributed by atoms with Crippen molar-refractivity contribution >= 4 is 21.2 Å². The number of halogens is 3. The van der Waals surface area contributed by atoms with Crippen LogP contribution in [0.4, 0.5) is 19.1 Å². The molecule has 34 heavy (non-hydrogen) atoms. The highest BCUT2D eigenvalue weighted by Gasteiger charge is 2.30. The monoisotopic (exact) mass is 496 g/mol. The average molecular weight is 497 g/mol. The topological polar surface area (TPSA) is 116 Å². The second-order valence-corrected chi connectivity index (χ2v) is 11.1. The van der Waals surface area contributed by atoms with Gasteiger partial charge in [0.2, 0.25) is 5.95 Å². The summed E-state index contributed by atoms with van der Waals surface area (Å²) in [6.45, 7) is 1.42. The Kier molecular flexibility index (Phi) is 6.56. The van der Waals surface area contributed by atoms with Crippen LogP contribution in [-0.2, 0) is 9.73 Å². The summed E-state index contributed by atoms with van der Waals surface area (Å²) >= 11 is 0. The van der Waals surface area contributed by atoms with E-state index in [-0.39, 0.29) is 18.0 Å². The third kappa shape index (κ3) is 5.49. The van der Waals surface area contributed by atoms with E-state index in [4.69, 9.17) is 4.78 Å². The summed E-state index contributed by atoms with van der Waals surface area (Å²) in [5, 5.41) is 17.2. The predicted molar refractivity (Wildman–Crippen MR) is 122 cm³/mol. The van der Waals surface area contributed by atoms with Crippen LogP contribution in [0, 0.1) is 4.78 Å². The van der Waals surface area contributed by atoms with Gasteiger partial charge >= 0.3 is 6.18 Å². The molecule has 0 bridgehead atoms. The van der Waals surface area contributed by atoms with Crippen LogP contribution in [0.1, 0.15) is 50.6 Å². The van der Waals surface area contributed by atoms with Crippen molar-refractivity contribution in [2.75, 3.05) is 11.6 Å². The van der Waals surface area contributed by atoms with E-state index in [1.54, 1.807) is 23.0 Å². The number of aliphatic hydroxyl groups is 1. The Labute approximate surface area is 195 Å². The smallest absolute Gasteiger partial charge is 0.391 e. The van der Waals surface area contributed by atoms with Crippen LogP contribution in [0.3, 0.4) is 0 Å². The van der Waals surface area contributed by atoms with E-state index in [9.17, 15) is 22.5 Å². The Balaban J connectivity index is 1.78. The molecule has 1 aliphatic carbocycles. The maximum absolute atomic E-state index is 12.8. The van der Waals surface area contributed by atoms with Gasteiger partial charge in [-0.3, -0.25) is 4.98 Å². The van der Waals surface area contributed by atoms with Crippen LogP contribution < -0.4 is 5.32 Å². The van der Waals surface area contributed by atoms with Gasteiger partial charge in [-0.25, -0.2) is 18.5 Å². The number of nitrogens with zero attached hydrogens (tertiary/aromatic N) is 4. The molecule has 0 unspecified atom stereocenters. The van der Waals surface area contributed by atoms with Gasteiger partial charge in [-0.05, 0) is 44.7 Å². The van der Waals surface area contributed by atoms with Gasteiger partial charge in [0.1, 0.15) is 0 Å². The first kappa shape index (κ1) is 24.4. The molecular weight excluding hydrogens is 469 g/mol. The molecule has 184 valence electrons. The number of nitrogens with one attached hydrogen (secondary N) is 2. The molecule has 0 saturated heterocycles. The largest absolute Gasteiger partial charge is 0.393 e. The molecule has 1 fully saturated rings. The molecule has 3 aromatic heterocycles. The lowest BCUT2D eigenvalue weighted by Crippen LogP contribution is -2.25. The fourth-order valence-corrected chi connectivity index (χ4v) is 4.99. The number of pyridine rings is 1. The number of anilines is 1. The van der Waals surface area contributed by atoms with Gasteiger partial charge in [0.25, 0.3) is 0 Å². The highest BCUT2D eigenvalue weighted by atomic mass is 32.2. The molecule has 0 radical (unpaired) electrons. The molecule has 4 rings (SSSR count). The number of hydrogen-bond donors (Lipinski definition) is 3. The third-order valence-electron chi connectivity index (χ3n) is 6.05. The molecule has 8 nitrogen and oxygen atoms in total. The normalized spacial score (nSPS) is 21.8. The van der Waals surface area contributed by atoms with Crippen LogP contribution >= 0.6 is 0 Å². The van der Waals surface area contributed by atoms with Crippen molar-refractivity contribution in [1.29, 1.82) is 4.78 Å². The number of aromatic nitrogens is 4. The minimum Gasteiger partial charge on any atom is -0.393 e. The van der Waals surface area contributed by atoms with Crippen molar-refractivity contribution < 1.29 is 22.5 Å². The lowest BCUT2D eigenvalue weighted by atomic mass is 9.85. The van der Waals surface area contributed by atoms with E-state index in [2.05, 4.69) is 20.4 Å². The van der Waals surface area contributed by atoms with Crippen molar-refractivity contribution in [1.82, 2.24) is 19.6 Å². The summed E-state index contributed by atoms with van der Waals surface area (Å²) < 4.78 is 60.1. The van der Waals surface area contributed by atoms with E-state index in [1.165, 1.54) is 19.4 Å². The van der Waals surface area contributed by atoms with Gasteiger partial charge in [-0.15, -0.1) is 5.10 Å². The summed E-state index contributed by atoms with van der Waals surface area (Å²) in [6, 6.07) is 2.69. The molecule has 1 saturated carbocycles. The Morgan fingerprint density at radius 1 is 1.24 bits per heavy atom. The van der Waals surface area contributed by atoms with Gasteiger partial charge in [-0.2, -0.15) is 13.2 Å². The maximum Gasteiger partial charge on any atom is 0.391 e. The molecule has 12 heteroatoms. The van der Waals surface area contributed by atoms with E-state index < -0.39 is 28.4 Å². The third-order valence-corrected chi connectivity index (χ3v) is 7.17. The second kappa shape index (κ2) is 9.14. The Morgan fingerprint density at radius 2 is 1.94 bits per heavy atom. The molecule has 2 atom stereocenters. The lowest BCUT2D eigenvalue weighted by molar-refractivity contribution is -0.136. The zero-order valence-electron chi connectivity index (χ0n) is 18.8. The first-order chi connectivity index (χ1) is 15.9. The fourth-order valence-electron chi connectivity index (χ4n) is 4.37. The standard InChI is InChI=1S/C22H27F3N6O2S/c1-13(9-22(23,24)25)29-21-28-12-20-18(15-7-17(11-27-10-15)34(2,26)33)8-19(31(20)30-21)14-3-5-16(32)6-4-14/h7-8,10-14,16,26,32H,3-6,9H2,1-2H3,(H,29,30)/t13-,14?,16?,34+/m0/s1. The summed E-state index contributed by atoms with van der Waals surface area (Å²) in [6.07, 6.45) is 3.02. The van der Waals surface area contributed by atoms with E-state index in [0.717, 1.165) is 24.1 Å². The quantitative estimate of drug-likeness (QED) is 0.459. The summed E-state index contributed by atoms with van der Waals surface area (Å²) in [5.74, 6) is 0.181. The first-order valence-corrected chi connectivity index (χ1v) is 13.0. The van der Waals surface area contributed by atoms with Crippen molar-refractivity contribution in [3.05, 3.63) is 36.4 Å². The minimum atomic E-state index is -4.31. The number of fused-ring (bicyclic) bond motifs is 1. The highest BCUT2D eigenvalue weighted by molar-refractivity contribution is 7.91. The van der Waals surface area contributed by atoms with Gasteiger partial charge in [-0.1, -0.05) is 0 Å². The lowest BCUT2D eigenvalue weighted by Gasteiger charge is -2.25. The molecule has 1 aliphatic rings. The fraction of sp³-hybridized carbons (Fsp3) is 0.500. The molecule has 0 aliphatic heterocycles. The van der Waals surface area contributed by atoms with Gasteiger partial charge in [0.15, 0.2) is 0 Å². The van der Waals surface area contributed by atoms with Crippen LogP contribution in [0.15, 0.2) is 35.6 Å².